The quantitative estimate of drug-likeness (QED) is 0.729. The van der Waals surface area contributed by atoms with Crippen LogP contribution in [0.25, 0.3) is 0 Å². The zero-order valence-corrected chi connectivity index (χ0v) is 15.5. The highest BCUT2D eigenvalue weighted by atomic mass is 16.5. The van der Waals surface area contributed by atoms with Crippen molar-refractivity contribution in [3.63, 3.8) is 0 Å². The maximum Gasteiger partial charge on any atom is 0.332 e. The predicted molar refractivity (Wildman–Crippen MR) is 95.3 cm³/mol. The van der Waals surface area contributed by atoms with Crippen molar-refractivity contribution >= 4 is 6.03 Å². The van der Waals surface area contributed by atoms with Crippen molar-refractivity contribution in [2.24, 2.45) is 5.41 Å². The molecule has 3 heterocycles. The number of amides is 2. The summed E-state index contributed by atoms with van der Waals surface area (Å²) in [6.07, 6.45) is 3.19. The largest absolute Gasteiger partial charge is 0.383 e. The van der Waals surface area contributed by atoms with Crippen molar-refractivity contribution in [1.29, 1.82) is 0 Å². The molecule has 26 heavy (non-hydrogen) atoms. The fraction of sp³-hybridized carbons (Fsp3) is 0.765. The first-order valence-corrected chi connectivity index (χ1v) is 9.22. The van der Waals surface area contributed by atoms with E-state index in [1.165, 1.54) is 9.25 Å². The van der Waals surface area contributed by atoms with E-state index < -0.39 is 11.1 Å². The smallest absolute Gasteiger partial charge is 0.332 e. The summed E-state index contributed by atoms with van der Waals surface area (Å²) >= 11 is 0. The summed E-state index contributed by atoms with van der Waals surface area (Å²) in [4.78, 5) is 38.6. The van der Waals surface area contributed by atoms with Crippen LogP contribution in [0.15, 0.2) is 9.59 Å². The molecule has 0 aromatic carbocycles. The molecule has 0 bridgehead atoms. The number of hydrogen-bond acceptors (Lipinski definition) is 5. The summed E-state index contributed by atoms with van der Waals surface area (Å²) in [5.41, 5.74) is -1.20. The number of urea groups is 1. The molecule has 2 aliphatic heterocycles. The van der Waals surface area contributed by atoms with Crippen molar-refractivity contribution in [3.05, 3.63) is 26.5 Å². The molecule has 1 spiro atoms. The number of hydrogen-bond donors (Lipinski definition) is 1. The fourth-order valence-electron chi connectivity index (χ4n) is 3.79. The van der Waals surface area contributed by atoms with Gasteiger partial charge in [0, 0.05) is 39.7 Å². The molecule has 1 N–H and O–H groups in total. The molecule has 0 unspecified atom stereocenters. The summed E-state index contributed by atoms with van der Waals surface area (Å²) in [5.74, 6) is 0.662. The van der Waals surface area contributed by atoms with Crippen LogP contribution in [0.4, 0.5) is 4.79 Å². The van der Waals surface area contributed by atoms with E-state index >= 15 is 0 Å². The third-order valence-electron chi connectivity index (χ3n) is 5.38. The lowest BCUT2D eigenvalue weighted by Crippen LogP contribution is -2.48. The van der Waals surface area contributed by atoms with Gasteiger partial charge in [-0.25, -0.2) is 9.48 Å². The van der Waals surface area contributed by atoms with Gasteiger partial charge in [-0.2, -0.15) is 5.10 Å². The first-order valence-electron chi connectivity index (χ1n) is 9.22. The van der Waals surface area contributed by atoms with Crippen molar-refractivity contribution < 1.29 is 9.53 Å². The minimum absolute atomic E-state index is 0.0215. The Kier molecular flexibility index (Phi) is 5.45. The molecular formula is C17H27N5O4. The second-order valence-corrected chi connectivity index (χ2v) is 7.22. The highest BCUT2D eigenvalue weighted by Gasteiger charge is 2.42. The fourth-order valence-corrected chi connectivity index (χ4v) is 3.79. The topological polar surface area (TPSA) is 98.5 Å². The molecule has 0 aliphatic carbocycles. The average Bonchev–Trinajstić information content (AvgIpc) is 3.00. The van der Waals surface area contributed by atoms with Gasteiger partial charge >= 0.3 is 17.1 Å². The van der Waals surface area contributed by atoms with Crippen LogP contribution in [-0.4, -0.2) is 58.6 Å². The van der Waals surface area contributed by atoms with Gasteiger partial charge in [-0.05, 0) is 24.7 Å². The van der Waals surface area contributed by atoms with Gasteiger partial charge in [0.1, 0.15) is 5.82 Å². The van der Waals surface area contributed by atoms with Crippen LogP contribution in [0.5, 0.6) is 0 Å². The van der Waals surface area contributed by atoms with E-state index in [1.807, 2.05) is 11.8 Å². The lowest BCUT2D eigenvalue weighted by Gasteiger charge is -2.38. The molecule has 3 rings (SSSR count). The van der Waals surface area contributed by atoms with Gasteiger partial charge in [0.2, 0.25) is 0 Å². The zero-order valence-electron chi connectivity index (χ0n) is 15.5. The van der Waals surface area contributed by atoms with Crippen molar-refractivity contribution in [2.45, 2.75) is 45.7 Å². The lowest BCUT2D eigenvalue weighted by molar-refractivity contribution is 0.115. The van der Waals surface area contributed by atoms with Crippen LogP contribution >= 0.6 is 0 Å². The standard InChI is InChI=1S/C17H27N5O4/c1-3-6-18-16(25)20-7-4-17(5-8-20)11-13-19-22(9-10-26-2)15(24)14(23)21(13)12-17/h3-12H2,1-2H3,(H,18,25). The number of carbonyl (C=O) groups excluding carboxylic acids is 1. The number of fused-ring (bicyclic) bond motifs is 1. The number of methoxy groups -OCH3 is 1. The van der Waals surface area contributed by atoms with E-state index in [2.05, 4.69) is 10.4 Å². The summed E-state index contributed by atoms with van der Waals surface area (Å²) in [6.45, 7) is 5.14. The van der Waals surface area contributed by atoms with E-state index in [4.69, 9.17) is 4.74 Å². The number of aromatic nitrogens is 3. The molecule has 9 heteroatoms. The first-order chi connectivity index (χ1) is 12.5. The molecular weight excluding hydrogens is 338 g/mol. The molecule has 1 fully saturated rings. The Bertz CT molecular complexity index is 776. The lowest BCUT2D eigenvalue weighted by atomic mass is 9.77. The Hall–Kier alpha value is -2.16. The van der Waals surface area contributed by atoms with Crippen molar-refractivity contribution in [2.75, 3.05) is 33.4 Å². The molecule has 9 nitrogen and oxygen atoms in total. The van der Waals surface area contributed by atoms with Crippen LogP contribution in [0.2, 0.25) is 0 Å². The van der Waals surface area contributed by atoms with Crippen LogP contribution < -0.4 is 16.4 Å². The Morgan fingerprint density at radius 1 is 1.27 bits per heavy atom. The molecule has 2 aliphatic rings. The van der Waals surface area contributed by atoms with Gasteiger partial charge in [0.25, 0.3) is 0 Å². The molecule has 1 aromatic heterocycles. The molecule has 0 atom stereocenters. The zero-order chi connectivity index (χ0) is 18.7. The summed E-state index contributed by atoms with van der Waals surface area (Å²) in [5, 5.41) is 7.29. The van der Waals surface area contributed by atoms with E-state index in [9.17, 15) is 14.4 Å². The third-order valence-corrected chi connectivity index (χ3v) is 5.38. The minimum Gasteiger partial charge on any atom is -0.383 e. The number of nitrogens with one attached hydrogen (secondary N) is 1. The first kappa shape index (κ1) is 18.6. The Morgan fingerprint density at radius 2 is 2.00 bits per heavy atom. The number of carbonyl (C=O) groups is 1. The van der Waals surface area contributed by atoms with Gasteiger partial charge in [-0.1, -0.05) is 6.92 Å². The Morgan fingerprint density at radius 3 is 2.65 bits per heavy atom. The van der Waals surface area contributed by atoms with Crippen LogP contribution in [0, 0.1) is 5.41 Å². The van der Waals surface area contributed by atoms with Gasteiger partial charge in [-0.15, -0.1) is 0 Å². The minimum atomic E-state index is -0.598. The maximum atomic E-state index is 12.4. The number of ether oxygens (including phenoxy) is 1. The van der Waals surface area contributed by atoms with Crippen LogP contribution in [0.1, 0.15) is 32.0 Å². The summed E-state index contributed by atoms with van der Waals surface area (Å²) in [7, 11) is 1.55. The number of nitrogens with zero attached hydrogens (tertiary/aromatic N) is 4. The summed E-state index contributed by atoms with van der Waals surface area (Å²) < 4.78 is 7.72. The van der Waals surface area contributed by atoms with Crippen LogP contribution in [-0.2, 0) is 24.2 Å². The predicted octanol–water partition coefficient (Wildman–Crippen LogP) is -0.191. The average molecular weight is 365 g/mol. The van der Waals surface area contributed by atoms with Gasteiger partial charge in [-0.3, -0.25) is 14.2 Å². The molecule has 1 aromatic rings. The molecule has 0 saturated carbocycles. The Labute approximate surface area is 151 Å². The van der Waals surface area contributed by atoms with Crippen molar-refractivity contribution in [3.8, 4) is 0 Å². The normalized spacial score (nSPS) is 18.2. The van der Waals surface area contributed by atoms with E-state index in [0.29, 0.717) is 45.0 Å². The van der Waals surface area contributed by atoms with E-state index in [1.54, 1.807) is 7.11 Å². The maximum absolute atomic E-state index is 12.4. The molecule has 0 radical (unpaired) electrons. The highest BCUT2D eigenvalue weighted by molar-refractivity contribution is 5.74. The number of rotatable bonds is 5. The van der Waals surface area contributed by atoms with Crippen LogP contribution in [0.3, 0.4) is 0 Å². The van der Waals surface area contributed by atoms with E-state index in [0.717, 1.165) is 19.3 Å². The number of likely N-dealkylation sites (tertiary alicyclic amines) is 1. The third kappa shape index (κ3) is 3.53. The van der Waals surface area contributed by atoms with Crippen molar-refractivity contribution in [1.82, 2.24) is 24.6 Å². The molecule has 2 amide bonds. The highest BCUT2D eigenvalue weighted by Crippen LogP contribution is 2.39. The second-order valence-electron chi connectivity index (χ2n) is 7.22. The monoisotopic (exact) mass is 365 g/mol. The molecule has 144 valence electrons. The van der Waals surface area contributed by atoms with E-state index in [-0.39, 0.29) is 18.0 Å². The van der Waals surface area contributed by atoms with Gasteiger partial charge in [0.05, 0.1) is 13.2 Å². The second kappa shape index (κ2) is 7.61. The molecule has 1 saturated heterocycles. The SMILES string of the molecule is CCCNC(=O)N1CCC2(CC1)Cc1nn(CCOC)c(=O)c(=O)n1C2. The summed E-state index contributed by atoms with van der Waals surface area (Å²) in [6, 6.07) is -0.0215. The Balaban J connectivity index is 1.71. The number of piperidine rings is 1. The van der Waals surface area contributed by atoms with Gasteiger partial charge in [0.15, 0.2) is 0 Å². The van der Waals surface area contributed by atoms with Gasteiger partial charge < -0.3 is 15.0 Å².